The first kappa shape index (κ1) is 12.2. The highest BCUT2D eigenvalue weighted by molar-refractivity contribution is 6.12. The van der Waals surface area contributed by atoms with E-state index < -0.39 is 0 Å². The van der Waals surface area contributed by atoms with Gasteiger partial charge in [0.1, 0.15) is 5.65 Å². The SMILES string of the molecule is CC(C)c1cc2c3c(c1)c1ccccc1c1ncc(n13)CC2. The molecule has 0 fully saturated rings. The molecule has 3 heterocycles. The van der Waals surface area contributed by atoms with Crippen LogP contribution >= 0.6 is 0 Å². The minimum absolute atomic E-state index is 0.555. The van der Waals surface area contributed by atoms with E-state index >= 15 is 0 Å². The first-order chi connectivity index (χ1) is 10.7. The van der Waals surface area contributed by atoms with Gasteiger partial charge in [-0.05, 0) is 41.3 Å². The zero-order chi connectivity index (χ0) is 14.8. The van der Waals surface area contributed by atoms with Gasteiger partial charge in [-0.1, -0.05) is 44.2 Å². The summed E-state index contributed by atoms with van der Waals surface area (Å²) in [6.45, 7) is 4.56. The van der Waals surface area contributed by atoms with Crippen LogP contribution < -0.4 is 0 Å². The largest absolute Gasteiger partial charge is 0.296 e. The van der Waals surface area contributed by atoms with Crippen molar-refractivity contribution in [3.05, 3.63) is 59.4 Å². The number of pyridine rings is 1. The number of fused-ring (bicyclic) bond motifs is 3. The van der Waals surface area contributed by atoms with Crippen LogP contribution in [0, 0.1) is 0 Å². The third-order valence-electron chi connectivity index (χ3n) is 5.04. The van der Waals surface area contributed by atoms with Gasteiger partial charge in [0, 0.05) is 22.7 Å². The van der Waals surface area contributed by atoms with Gasteiger partial charge >= 0.3 is 0 Å². The van der Waals surface area contributed by atoms with Crippen LogP contribution in [0.25, 0.3) is 27.3 Å². The molecule has 0 radical (unpaired) electrons. The van der Waals surface area contributed by atoms with E-state index in [2.05, 4.69) is 60.8 Å². The Bertz CT molecular complexity index is 1050. The molecule has 0 amide bonds. The van der Waals surface area contributed by atoms with Crippen molar-refractivity contribution >= 4 is 27.3 Å². The molecule has 5 rings (SSSR count). The predicted octanol–water partition coefficient (Wildman–Crippen LogP) is 4.86. The lowest BCUT2D eigenvalue weighted by Crippen LogP contribution is -2.08. The Hall–Kier alpha value is -2.35. The van der Waals surface area contributed by atoms with Gasteiger partial charge < -0.3 is 0 Å². The first-order valence-corrected chi connectivity index (χ1v) is 8.07. The number of rotatable bonds is 1. The van der Waals surface area contributed by atoms with E-state index in [-0.39, 0.29) is 0 Å². The molecule has 0 bridgehead atoms. The second kappa shape index (κ2) is 4.10. The van der Waals surface area contributed by atoms with Crippen molar-refractivity contribution in [1.82, 2.24) is 9.38 Å². The fourth-order valence-corrected chi connectivity index (χ4v) is 3.89. The van der Waals surface area contributed by atoms with Gasteiger partial charge in [0.2, 0.25) is 0 Å². The van der Waals surface area contributed by atoms with E-state index in [9.17, 15) is 0 Å². The number of aryl methyl sites for hydroxylation is 2. The maximum Gasteiger partial charge on any atom is 0.145 e. The van der Waals surface area contributed by atoms with E-state index in [4.69, 9.17) is 4.98 Å². The van der Waals surface area contributed by atoms with Gasteiger partial charge in [-0.2, -0.15) is 0 Å². The van der Waals surface area contributed by atoms with Gasteiger partial charge in [-0.25, -0.2) is 4.98 Å². The molecule has 2 aromatic heterocycles. The lowest BCUT2D eigenvalue weighted by atomic mass is 9.91. The molecule has 2 heteroatoms. The fraction of sp³-hybridized carbons (Fsp3) is 0.250. The summed E-state index contributed by atoms with van der Waals surface area (Å²) in [5.41, 5.74) is 6.74. The normalized spacial score (nSPS) is 14.0. The zero-order valence-electron chi connectivity index (χ0n) is 12.9. The van der Waals surface area contributed by atoms with Crippen LogP contribution in [0.1, 0.15) is 36.6 Å². The minimum atomic E-state index is 0.555. The Morgan fingerprint density at radius 3 is 2.64 bits per heavy atom. The highest BCUT2D eigenvalue weighted by atomic mass is 15.0. The van der Waals surface area contributed by atoms with Gasteiger partial charge in [0.25, 0.3) is 0 Å². The second-order valence-electron chi connectivity index (χ2n) is 6.69. The molecule has 1 aliphatic rings. The summed E-state index contributed by atoms with van der Waals surface area (Å²) in [5.74, 6) is 0.555. The van der Waals surface area contributed by atoms with E-state index in [1.165, 1.54) is 38.5 Å². The quantitative estimate of drug-likeness (QED) is 0.457. The summed E-state index contributed by atoms with van der Waals surface area (Å²) in [7, 11) is 0. The maximum absolute atomic E-state index is 4.72. The van der Waals surface area contributed by atoms with Crippen LogP contribution in [0.3, 0.4) is 0 Å². The molecule has 2 nitrogen and oxygen atoms in total. The number of imidazole rings is 1. The van der Waals surface area contributed by atoms with Crippen LogP contribution in [0.2, 0.25) is 0 Å². The average molecular weight is 286 g/mol. The second-order valence-corrected chi connectivity index (χ2v) is 6.69. The first-order valence-electron chi connectivity index (χ1n) is 8.07. The Kier molecular flexibility index (Phi) is 2.28. The Morgan fingerprint density at radius 1 is 1.00 bits per heavy atom. The smallest absolute Gasteiger partial charge is 0.145 e. The Morgan fingerprint density at radius 2 is 1.82 bits per heavy atom. The molecule has 1 aliphatic heterocycles. The number of benzene rings is 2. The molecule has 22 heavy (non-hydrogen) atoms. The summed E-state index contributed by atoms with van der Waals surface area (Å²) in [6.07, 6.45) is 4.26. The molecule has 0 saturated heterocycles. The van der Waals surface area contributed by atoms with E-state index in [1.54, 1.807) is 0 Å². The number of hydrogen-bond acceptors (Lipinski definition) is 1. The van der Waals surface area contributed by atoms with E-state index in [0.29, 0.717) is 5.92 Å². The molecule has 0 unspecified atom stereocenters. The summed E-state index contributed by atoms with van der Waals surface area (Å²) in [6, 6.07) is 13.5. The predicted molar refractivity (Wildman–Crippen MR) is 91.7 cm³/mol. The summed E-state index contributed by atoms with van der Waals surface area (Å²) >= 11 is 0. The fourth-order valence-electron chi connectivity index (χ4n) is 3.89. The van der Waals surface area contributed by atoms with Crippen LogP contribution in [0.4, 0.5) is 0 Å². The molecule has 0 aliphatic carbocycles. The third kappa shape index (κ3) is 1.42. The average Bonchev–Trinajstić information content (AvgIpc) is 2.98. The van der Waals surface area contributed by atoms with Gasteiger partial charge in [-0.15, -0.1) is 0 Å². The van der Waals surface area contributed by atoms with Crippen molar-refractivity contribution in [2.75, 3.05) is 0 Å². The van der Waals surface area contributed by atoms with Crippen molar-refractivity contribution in [1.29, 1.82) is 0 Å². The van der Waals surface area contributed by atoms with E-state index in [0.717, 1.165) is 18.5 Å². The van der Waals surface area contributed by atoms with Crippen LogP contribution in [0.5, 0.6) is 0 Å². The maximum atomic E-state index is 4.72. The van der Waals surface area contributed by atoms with Crippen LogP contribution in [-0.2, 0) is 12.8 Å². The van der Waals surface area contributed by atoms with Crippen molar-refractivity contribution < 1.29 is 0 Å². The number of aromatic nitrogens is 2. The third-order valence-corrected chi connectivity index (χ3v) is 5.04. The van der Waals surface area contributed by atoms with Gasteiger partial charge in [0.15, 0.2) is 0 Å². The van der Waals surface area contributed by atoms with Gasteiger partial charge in [0.05, 0.1) is 5.52 Å². The molecular formula is C20H18N2. The van der Waals surface area contributed by atoms with Crippen molar-refractivity contribution in [3.8, 4) is 0 Å². The molecule has 2 aromatic carbocycles. The number of nitrogens with zero attached hydrogens (tertiary/aromatic N) is 2. The molecule has 0 N–H and O–H groups in total. The van der Waals surface area contributed by atoms with Crippen LogP contribution in [0.15, 0.2) is 42.6 Å². The van der Waals surface area contributed by atoms with Crippen molar-refractivity contribution in [2.24, 2.45) is 0 Å². The summed E-state index contributed by atoms with van der Waals surface area (Å²) in [4.78, 5) is 4.72. The molecular weight excluding hydrogens is 268 g/mol. The topological polar surface area (TPSA) is 17.3 Å². The summed E-state index contributed by atoms with van der Waals surface area (Å²) < 4.78 is 2.39. The highest BCUT2D eigenvalue weighted by Gasteiger charge is 2.20. The monoisotopic (exact) mass is 286 g/mol. The van der Waals surface area contributed by atoms with E-state index in [1.807, 2.05) is 0 Å². The van der Waals surface area contributed by atoms with Crippen molar-refractivity contribution in [2.45, 2.75) is 32.6 Å². The molecule has 0 spiro atoms. The molecule has 108 valence electrons. The number of hydrogen-bond donors (Lipinski definition) is 0. The Balaban J connectivity index is 2.13. The van der Waals surface area contributed by atoms with Crippen molar-refractivity contribution in [3.63, 3.8) is 0 Å². The lowest BCUT2D eigenvalue weighted by molar-refractivity contribution is 0.844. The Labute approximate surface area is 129 Å². The molecule has 4 aromatic rings. The zero-order valence-corrected chi connectivity index (χ0v) is 12.9. The lowest BCUT2D eigenvalue weighted by Gasteiger charge is -2.20. The summed E-state index contributed by atoms with van der Waals surface area (Å²) in [5, 5.41) is 3.96. The molecule has 0 saturated carbocycles. The molecule has 0 atom stereocenters. The highest BCUT2D eigenvalue weighted by Crippen LogP contribution is 2.36. The van der Waals surface area contributed by atoms with Gasteiger partial charge in [-0.3, -0.25) is 4.40 Å². The standard InChI is InChI=1S/C20H18N2/c1-12(2)14-9-13-7-8-15-11-21-20-17-6-4-3-5-16(17)18(10-14)19(13)22(15)20/h3-6,9-12H,7-8H2,1-2H3. The minimum Gasteiger partial charge on any atom is -0.296 e. The van der Waals surface area contributed by atoms with Crippen LogP contribution in [-0.4, -0.2) is 9.38 Å².